The van der Waals surface area contributed by atoms with Crippen LogP contribution in [0, 0.1) is 6.92 Å². The third kappa shape index (κ3) is 7.62. The molecule has 0 spiro atoms. The highest BCUT2D eigenvalue weighted by atomic mass is 35.5. The van der Waals surface area contributed by atoms with E-state index >= 15 is 0 Å². The van der Waals surface area contributed by atoms with Crippen molar-refractivity contribution in [3.63, 3.8) is 0 Å². The van der Waals surface area contributed by atoms with Crippen LogP contribution < -0.4 is 20.2 Å². The molecule has 4 heterocycles. The molecule has 12 nitrogen and oxygen atoms in total. The second kappa shape index (κ2) is 15.4. The second-order valence-corrected chi connectivity index (χ2v) is 13.6. The second-order valence-electron chi connectivity index (χ2n) is 12.8. The number of rotatable bonds is 11. The van der Waals surface area contributed by atoms with Crippen LogP contribution in [0.2, 0.25) is 10.0 Å². The number of hydrogen-bond donors (Lipinski definition) is 0. The Kier molecular flexibility index (Phi) is 11.0. The summed E-state index contributed by atoms with van der Waals surface area (Å²) in [7, 11) is 0. The number of hydrogen-bond acceptors (Lipinski definition) is 9. The Hall–Kier alpha value is -4.43. The molecule has 2 aromatic heterocycles. The molecule has 0 bridgehead atoms. The van der Waals surface area contributed by atoms with Gasteiger partial charge in [0, 0.05) is 48.1 Å². The number of aromatic nitrogens is 6. The minimum absolute atomic E-state index is 0. The molecule has 51 heavy (non-hydrogen) atoms. The van der Waals surface area contributed by atoms with E-state index in [9.17, 15) is 4.79 Å². The SMILES string of the molecule is CCC(C)n1ncn(-c2ccc(N3CCN(c4ccc(OCC5CO[C@@](Cn6cncn6)(c6ccc(Cl)cc6Cl)O5)cc4)CC3)c(C)c2)c1=O.F. The lowest BCUT2D eigenvalue weighted by Gasteiger charge is -2.38. The van der Waals surface area contributed by atoms with Crippen molar-refractivity contribution in [2.45, 2.75) is 51.7 Å². The fraction of sp³-hybridized carbons (Fsp3) is 0.389. The number of ether oxygens (including phenoxy) is 3. The van der Waals surface area contributed by atoms with E-state index in [4.69, 9.17) is 37.4 Å². The van der Waals surface area contributed by atoms with Gasteiger partial charge in [-0.1, -0.05) is 36.2 Å². The van der Waals surface area contributed by atoms with Gasteiger partial charge in [-0.15, -0.1) is 0 Å². The van der Waals surface area contributed by atoms with Gasteiger partial charge in [0.2, 0.25) is 5.79 Å². The van der Waals surface area contributed by atoms with Gasteiger partial charge in [0.1, 0.15) is 44.0 Å². The lowest BCUT2D eigenvalue weighted by atomic mass is 10.1. The van der Waals surface area contributed by atoms with Crippen LogP contribution in [-0.4, -0.2) is 74.6 Å². The predicted octanol–water partition coefficient (Wildman–Crippen LogP) is 6.04. The molecule has 2 saturated heterocycles. The molecule has 0 radical (unpaired) electrons. The standard InChI is InChI=1S/C36H40Cl2N8O4.FH/c1-4-26(3)46-35(47)45(24-41-46)29-8-12-34(25(2)17-29)43-15-13-42(14-16-43)28-6-9-30(10-7-28)48-19-31-20-49-36(50-31,21-44-23-39-22-40-44)32-11-5-27(37)18-33(32)38;/h5-12,17-18,22-24,26,31H,4,13-16,19-21H2,1-3H3;1H/t26?,31?,36-;/m1./s1. The van der Waals surface area contributed by atoms with Crippen molar-refractivity contribution in [3.8, 4) is 11.4 Å². The average Bonchev–Trinajstić information content (AvgIpc) is 3.88. The predicted molar refractivity (Wildman–Crippen MR) is 195 cm³/mol. The van der Waals surface area contributed by atoms with E-state index in [0.717, 1.165) is 55.3 Å². The summed E-state index contributed by atoms with van der Waals surface area (Å²) >= 11 is 12.8. The first kappa shape index (κ1) is 36.4. The Labute approximate surface area is 305 Å². The maximum Gasteiger partial charge on any atom is 0.350 e. The smallest absolute Gasteiger partial charge is 0.350 e. The molecule has 2 fully saturated rings. The van der Waals surface area contributed by atoms with Crippen molar-refractivity contribution in [1.29, 1.82) is 0 Å². The molecule has 0 saturated carbocycles. The fourth-order valence-corrected chi connectivity index (χ4v) is 7.10. The zero-order valence-electron chi connectivity index (χ0n) is 28.7. The van der Waals surface area contributed by atoms with Crippen LogP contribution in [0.3, 0.4) is 0 Å². The molecule has 3 atom stereocenters. The molecule has 7 rings (SSSR count). The van der Waals surface area contributed by atoms with E-state index < -0.39 is 5.79 Å². The largest absolute Gasteiger partial charge is 0.491 e. The number of nitrogens with zero attached hydrogens (tertiary/aromatic N) is 8. The molecule has 270 valence electrons. The average molecular weight is 740 g/mol. The van der Waals surface area contributed by atoms with Crippen LogP contribution >= 0.6 is 23.2 Å². The third-order valence-corrected chi connectivity index (χ3v) is 10.0. The zero-order chi connectivity index (χ0) is 34.8. The number of aryl methyl sites for hydroxylation is 1. The van der Waals surface area contributed by atoms with E-state index in [2.05, 4.69) is 63.1 Å². The molecule has 0 aliphatic carbocycles. The van der Waals surface area contributed by atoms with E-state index in [1.807, 2.05) is 31.2 Å². The Bertz CT molecular complexity index is 1980. The molecule has 5 aromatic rings. The van der Waals surface area contributed by atoms with Gasteiger partial charge in [-0.05, 0) is 80.4 Å². The summed E-state index contributed by atoms with van der Waals surface area (Å²) in [6.07, 6.45) is 5.20. The zero-order valence-corrected chi connectivity index (χ0v) is 30.2. The van der Waals surface area contributed by atoms with Crippen molar-refractivity contribution >= 4 is 34.6 Å². The molecule has 2 aliphatic rings. The summed E-state index contributed by atoms with van der Waals surface area (Å²) in [6.45, 7) is 10.6. The molecule has 15 heteroatoms. The quantitative estimate of drug-likeness (QED) is 0.161. The van der Waals surface area contributed by atoms with Gasteiger partial charge in [-0.25, -0.2) is 23.7 Å². The third-order valence-electron chi connectivity index (χ3n) is 9.46. The van der Waals surface area contributed by atoms with Gasteiger partial charge < -0.3 is 24.0 Å². The van der Waals surface area contributed by atoms with Crippen LogP contribution in [-0.2, 0) is 21.8 Å². The summed E-state index contributed by atoms with van der Waals surface area (Å²) in [5.41, 5.74) is 4.84. The summed E-state index contributed by atoms with van der Waals surface area (Å²) in [5.74, 6) is -0.411. The number of piperazine rings is 1. The van der Waals surface area contributed by atoms with Crippen molar-refractivity contribution in [2.24, 2.45) is 0 Å². The fourth-order valence-electron chi connectivity index (χ4n) is 6.54. The Balaban J connectivity index is 0.00000448. The van der Waals surface area contributed by atoms with Gasteiger partial charge in [-0.2, -0.15) is 10.2 Å². The van der Waals surface area contributed by atoms with Gasteiger partial charge in [0.05, 0.1) is 23.4 Å². The first-order chi connectivity index (χ1) is 24.2. The van der Waals surface area contributed by atoms with Gasteiger partial charge >= 0.3 is 5.69 Å². The van der Waals surface area contributed by atoms with E-state index in [-0.39, 0.29) is 29.1 Å². The monoisotopic (exact) mass is 738 g/mol. The summed E-state index contributed by atoms with van der Waals surface area (Å²) < 4.78 is 23.7. The van der Waals surface area contributed by atoms with E-state index in [0.29, 0.717) is 28.8 Å². The maximum atomic E-state index is 12.9. The molecule has 2 unspecified atom stereocenters. The molecular formula is C36H41Cl2FN8O4. The molecular weight excluding hydrogens is 698 g/mol. The summed E-state index contributed by atoms with van der Waals surface area (Å²) in [6, 6.07) is 19.7. The molecule has 3 aromatic carbocycles. The van der Waals surface area contributed by atoms with Crippen molar-refractivity contribution < 1.29 is 18.9 Å². The van der Waals surface area contributed by atoms with Crippen molar-refractivity contribution in [3.05, 3.63) is 111 Å². The van der Waals surface area contributed by atoms with Gasteiger partial charge in [0.15, 0.2) is 0 Å². The van der Waals surface area contributed by atoms with Gasteiger partial charge in [0.25, 0.3) is 0 Å². The van der Waals surface area contributed by atoms with E-state index in [1.54, 1.807) is 38.7 Å². The van der Waals surface area contributed by atoms with Crippen LogP contribution in [0.15, 0.2) is 84.4 Å². The van der Waals surface area contributed by atoms with Crippen LogP contribution in [0.4, 0.5) is 16.1 Å². The van der Waals surface area contributed by atoms with E-state index in [1.165, 1.54) is 12.0 Å². The molecule has 2 aliphatic heterocycles. The summed E-state index contributed by atoms with van der Waals surface area (Å²) in [5, 5.41) is 9.54. The number of halogens is 3. The van der Waals surface area contributed by atoms with Crippen molar-refractivity contribution in [1.82, 2.24) is 29.1 Å². The Morgan fingerprint density at radius 3 is 2.39 bits per heavy atom. The van der Waals surface area contributed by atoms with Crippen molar-refractivity contribution in [2.75, 3.05) is 49.2 Å². The van der Waals surface area contributed by atoms with Crippen LogP contribution in [0.1, 0.15) is 37.4 Å². The first-order valence-electron chi connectivity index (χ1n) is 16.8. The first-order valence-corrected chi connectivity index (χ1v) is 17.6. The summed E-state index contributed by atoms with van der Waals surface area (Å²) in [4.78, 5) is 21.8. The lowest BCUT2D eigenvalue weighted by molar-refractivity contribution is -0.190. The maximum absolute atomic E-state index is 12.9. The molecule has 0 amide bonds. The van der Waals surface area contributed by atoms with Crippen LogP contribution in [0.5, 0.6) is 5.75 Å². The normalized spacial score (nSPS) is 19.6. The minimum Gasteiger partial charge on any atom is -0.491 e. The number of benzene rings is 3. The lowest BCUT2D eigenvalue weighted by Crippen LogP contribution is -2.46. The minimum atomic E-state index is -1.16. The number of anilines is 2. The molecule has 0 N–H and O–H groups in total. The Morgan fingerprint density at radius 1 is 0.961 bits per heavy atom. The van der Waals surface area contributed by atoms with Gasteiger partial charge in [-0.3, -0.25) is 4.70 Å². The highest BCUT2D eigenvalue weighted by Crippen LogP contribution is 2.40. The Morgan fingerprint density at radius 2 is 1.71 bits per heavy atom. The topological polar surface area (TPSA) is 105 Å². The highest BCUT2D eigenvalue weighted by molar-refractivity contribution is 6.35. The van der Waals surface area contributed by atoms with Crippen LogP contribution in [0.25, 0.3) is 5.69 Å². The highest BCUT2D eigenvalue weighted by Gasteiger charge is 2.45.